The van der Waals surface area contributed by atoms with Gasteiger partial charge in [-0.25, -0.2) is 18.8 Å². The average molecular weight is 496 g/mol. The van der Waals surface area contributed by atoms with Crippen LogP contribution in [0.5, 0.6) is 0 Å². The lowest BCUT2D eigenvalue weighted by molar-refractivity contribution is -0.00554. The van der Waals surface area contributed by atoms with Gasteiger partial charge in [-0.05, 0) is 0 Å². The molecular formula is C11H23N4O12P3. The van der Waals surface area contributed by atoms with Crippen LogP contribution in [0.25, 0.3) is 0 Å². The van der Waals surface area contributed by atoms with Crippen molar-refractivity contribution in [1.29, 1.82) is 0 Å². The third kappa shape index (κ3) is 9.88. The highest BCUT2D eigenvalue weighted by molar-refractivity contribution is 7.73. The van der Waals surface area contributed by atoms with E-state index in [2.05, 4.69) is 24.1 Å². The molecule has 2 rings (SSSR count). The normalized spacial score (nSPS) is 25.5. The van der Waals surface area contributed by atoms with E-state index in [1.165, 1.54) is 6.33 Å². The van der Waals surface area contributed by atoms with Gasteiger partial charge in [0.15, 0.2) is 5.90 Å². The third-order valence-electron chi connectivity index (χ3n) is 3.26. The minimum atomic E-state index is -5.13. The van der Waals surface area contributed by atoms with Crippen LogP contribution in [0.1, 0.15) is 0 Å². The van der Waals surface area contributed by atoms with Gasteiger partial charge in [-0.2, -0.15) is 0 Å². The highest BCUT2D eigenvalue weighted by atomic mass is 31.3. The Labute approximate surface area is 170 Å². The average Bonchev–Trinajstić information content (AvgIpc) is 2.90. The van der Waals surface area contributed by atoms with Gasteiger partial charge in [-0.15, -0.1) is 0 Å². The van der Waals surface area contributed by atoms with E-state index in [9.17, 15) is 23.7 Å². The quantitative estimate of drug-likeness (QED) is 0.194. The van der Waals surface area contributed by atoms with Gasteiger partial charge in [0.25, 0.3) is 0 Å². The third-order valence-corrected chi connectivity index (χ3v) is 8.49. The van der Waals surface area contributed by atoms with Gasteiger partial charge in [0, 0.05) is 7.05 Å². The zero-order valence-corrected chi connectivity index (χ0v) is 18.1. The molecule has 0 saturated carbocycles. The first-order valence-corrected chi connectivity index (χ1v) is 13.0. The van der Waals surface area contributed by atoms with Gasteiger partial charge < -0.3 is 45.6 Å². The van der Waals surface area contributed by atoms with E-state index in [-0.39, 0.29) is 6.61 Å². The first-order valence-electron chi connectivity index (χ1n) is 7.92. The molecule has 0 aliphatic carbocycles. The van der Waals surface area contributed by atoms with Crippen molar-refractivity contribution >= 4 is 34.5 Å². The Morgan fingerprint density at radius 1 is 1.27 bits per heavy atom. The molecular weight excluding hydrogens is 473 g/mol. The molecule has 1 fully saturated rings. The number of phosphoric acid groups is 1. The van der Waals surface area contributed by atoms with Crippen molar-refractivity contribution in [2.45, 2.75) is 18.3 Å². The summed E-state index contributed by atoms with van der Waals surface area (Å²) in [5.74, 6) is -1.18. The highest BCUT2D eigenvalue weighted by Crippen LogP contribution is 2.64. The van der Waals surface area contributed by atoms with Gasteiger partial charge >= 0.3 is 23.0 Å². The summed E-state index contributed by atoms with van der Waals surface area (Å²) >= 11 is 0. The molecule has 5 atom stereocenters. The number of rotatable bonds is 8. The number of anilines is 2. The fraction of sp³-hybridized carbons (Fsp3) is 0.636. The lowest BCUT2D eigenvalue weighted by Crippen LogP contribution is -2.32. The predicted molar refractivity (Wildman–Crippen MR) is 101 cm³/mol. The molecule has 1 aliphatic heterocycles. The number of nitrogens with one attached hydrogen (secondary N) is 1. The SMILES string of the molecule is CNc1cncnc1N.O=P(O)(O)CP(=O)(O)OP(=O)(O)OC[C@H]1OC[C@H](O)[C@@H]1O. The summed E-state index contributed by atoms with van der Waals surface area (Å²) in [7, 11) is -13.4. The van der Waals surface area contributed by atoms with E-state index in [0.29, 0.717) is 5.82 Å². The molecule has 0 radical (unpaired) electrons. The van der Waals surface area contributed by atoms with Crippen LogP contribution in [0.15, 0.2) is 12.5 Å². The summed E-state index contributed by atoms with van der Waals surface area (Å²) in [6, 6.07) is 0. The number of phosphoric ester groups is 1. The standard InChI is InChI=1S/C6H15O12P3.C5H8N4/c7-4-1-16-5(6(4)8)2-17-21(14,15)18-20(12,13)3-19(9,10)11;1-7-4-2-8-3-9-5(4)6/h4-8H,1-3H2,(H,12,13)(H,14,15)(H2,9,10,11);2-3,7H,1H3,(H2,6,8,9)/t4-,5+,6-;/m0./s1. The zero-order chi connectivity index (χ0) is 23.2. The van der Waals surface area contributed by atoms with Crippen molar-refractivity contribution in [1.82, 2.24) is 9.97 Å². The molecule has 2 heterocycles. The van der Waals surface area contributed by atoms with Crippen molar-refractivity contribution in [3.8, 4) is 0 Å². The molecule has 1 aromatic rings. The van der Waals surface area contributed by atoms with Crippen molar-refractivity contribution in [3.05, 3.63) is 12.5 Å². The summed E-state index contributed by atoms with van der Waals surface area (Å²) < 4.78 is 46.2. The highest BCUT2D eigenvalue weighted by Gasteiger charge is 2.41. The molecule has 0 spiro atoms. The van der Waals surface area contributed by atoms with E-state index in [1.807, 2.05) is 0 Å². The van der Waals surface area contributed by atoms with Crippen molar-refractivity contribution in [2.24, 2.45) is 0 Å². The summed E-state index contributed by atoms with van der Waals surface area (Å²) in [4.78, 5) is 42.8. The minimum absolute atomic E-state index is 0.234. The monoisotopic (exact) mass is 496 g/mol. The van der Waals surface area contributed by atoms with E-state index in [0.717, 1.165) is 5.69 Å². The fourth-order valence-corrected chi connectivity index (χ4v) is 6.30. The Morgan fingerprint density at radius 2 is 1.90 bits per heavy atom. The van der Waals surface area contributed by atoms with Crippen molar-refractivity contribution in [2.75, 3.05) is 37.2 Å². The van der Waals surface area contributed by atoms with Crippen LogP contribution in [-0.2, 0) is 27.3 Å². The number of aromatic nitrogens is 2. The summed E-state index contributed by atoms with van der Waals surface area (Å²) in [6.07, 6.45) is -0.723. The number of hydrogen-bond acceptors (Lipinski definition) is 12. The number of nitrogen functional groups attached to an aromatic ring is 1. The van der Waals surface area contributed by atoms with Gasteiger partial charge in [-0.1, -0.05) is 0 Å². The number of hydrogen-bond donors (Lipinski definition) is 8. The molecule has 30 heavy (non-hydrogen) atoms. The van der Waals surface area contributed by atoms with Crippen LogP contribution >= 0.6 is 23.0 Å². The Bertz CT molecular complexity index is 837. The number of nitrogens with two attached hydrogens (primary N) is 1. The molecule has 19 heteroatoms. The topological polar surface area (TPSA) is 264 Å². The maximum Gasteiger partial charge on any atom is 0.479 e. The Hall–Kier alpha value is -0.990. The van der Waals surface area contributed by atoms with E-state index in [4.69, 9.17) is 30.3 Å². The largest absolute Gasteiger partial charge is 0.479 e. The molecule has 174 valence electrons. The second-order valence-corrected chi connectivity index (χ2v) is 11.4. The molecule has 0 amide bonds. The molecule has 0 bridgehead atoms. The maximum atomic E-state index is 11.4. The molecule has 0 aromatic carbocycles. The Balaban J connectivity index is 0.000000414. The van der Waals surface area contributed by atoms with Crippen LogP contribution in [0.3, 0.4) is 0 Å². The molecule has 2 unspecified atom stereocenters. The Morgan fingerprint density at radius 3 is 2.33 bits per heavy atom. The van der Waals surface area contributed by atoms with Gasteiger partial charge in [0.2, 0.25) is 0 Å². The number of ether oxygens (including phenoxy) is 1. The van der Waals surface area contributed by atoms with Crippen LogP contribution in [-0.4, -0.2) is 84.2 Å². The van der Waals surface area contributed by atoms with Crippen LogP contribution in [0.4, 0.5) is 11.5 Å². The minimum Gasteiger partial charge on any atom is -0.388 e. The van der Waals surface area contributed by atoms with E-state index in [1.54, 1.807) is 13.2 Å². The van der Waals surface area contributed by atoms with E-state index >= 15 is 0 Å². The summed E-state index contributed by atoms with van der Waals surface area (Å²) in [5.41, 5.74) is 6.18. The second-order valence-electron chi connectivity index (χ2n) is 5.79. The Kier molecular flexibility index (Phi) is 9.96. The molecule has 16 nitrogen and oxygen atoms in total. The molecule has 1 saturated heterocycles. The lowest BCUT2D eigenvalue weighted by atomic mass is 10.2. The summed E-state index contributed by atoms with van der Waals surface area (Å²) in [5, 5.41) is 21.4. The fourth-order valence-electron chi connectivity index (χ4n) is 1.96. The number of nitrogens with zero attached hydrogens (tertiary/aromatic N) is 2. The molecule has 1 aliphatic rings. The van der Waals surface area contributed by atoms with Gasteiger partial charge in [0.05, 0.1) is 25.1 Å². The smallest absolute Gasteiger partial charge is 0.388 e. The van der Waals surface area contributed by atoms with Crippen molar-refractivity contribution in [3.63, 3.8) is 0 Å². The lowest BCUT2D eigenvalue weighted by Gasteiger charge is -2.19. The first-order chi connectivity index (χ1) is 13.7. The zero-order valence-electron chi connectivity index (χ0n) is 15.5. The number of aliphatic hydroxyl groups is 2. The van der Waals surface area contributed by atoms with Crippen LogP contribution < -0.4 is 11.1 Å². The van der Waals surface area contributed by atoms with Crippen LogP contribution in [0.2, 0.25) is 0 Å². The van der Waals surface area contributed by atoms with Gasteiger partial charge in [-0.3, -0.25) is 13.7 Å². The first kappa shape index (κ1) is 27.0. The van der Waals surface area contributed by atoms with Crippen molar-refractivity contribution < 1.29 is 57.1 Å². The molecule has 9 N–H and O–H groups in total. The predicted octanol–water partition coefficient (Wildman–Crippen LogP) is -1.34. The molecule has 1 aromatic heterocycles. The van der Waals surface area contributed by atoms with Crippen LogP contribution in [0, 0.1) is 0 Å². The maximum absolute atomic E-state index is 11.4. The number of aliphatic hydroxyl groups excluding tert-OH is 2. The summed E-state index contributed by atoms with van der Waals surface area (Å²) in [6.45, 7) is -0.982. The second kappa shape index (κ2) is 11.0. The van der Waals surface area contributed by atoms with E-state index < -0.39 is 53.8 Å². The van der Waals surface area contributed by atoms with Gasteiger partial charge in [0.1, 0.15) is 30.5 Å².